The Bertz CT molecular complexity index is 746. The van der Waals surface area contributed by atoms with Crippen LogP contribution in [0.25, 0.3) is 0 Å². The molecular formula is C34H60O10. The van der Waals surface area contributed by atoms with Crippen molar-refractivity contribution in [2.75, 3.05) is 39.6 Å². The molecule has 4 heterocycles. The maximum atomic E-state index is 11.7. The standard InChI is InChI=1S/2C17H30O5/c2*1-17(13-18)15(19)12-14(22-17)8-4-2-3-6-10-20-16-9-5-7-11-21-16/h2*14,16,18H,2-13H2,1H3/t2*14-,16?,17?/m10/s1. The topological polar surface area (TPSA) is 130 Å². The molecular weight excluding hydrogens is 568 g/mol. The number of carbonyl (C=O) groups is 2. The molecule has 4 aliphatic rings. The van der Waals surface area contributed by atoms with Crippen molar-refractivity contribution in [1.29, 1.82) is 0 Å². The molecule has 0 aromatic carbocycles. The molecule has 0 aliphatic carbocycles. The predicted molar refractivity (Wildman–Crippen MR) is 165 cm³/mol. The van der Waals surface area contributed by atoms with Crippen LogP contribution >= 0.6 is 0 Å². The number of unbranched alkanes of at least 4 members (excludes halogenated alkanes) is 6. The van der Waals surface area contributed by atoms with Crippen LogP contribution in [0.1, 0.15) is 129 Å². The first-order valence-corrected chi connectivity index (χ1v) is 17.4. The number of hydrogen-bond donors (Lipinski definition) is 2. The minimum Gasteiger partial charge on any atom is -0.393 e. The quantitative estimate of drug-likeness (QED) is 0.196. The van der Waals surface area contributed by atoms with E-state index in [9.17, 15) is 19.8 Å². The Kier molecular flexibility index (Phi) is 17.3. The Balaban J connectivity index is 0.000000240. The number of rotatable bonds is 18. The second-order valence-electron chi connectivity index (χ2n) is 13.3. The molecule has 0 saturated carbocycles. The largest absolute Gasteiger partial charge is 0.393 e. The molecule has 4 rings (SSSR count). The molecule has 4 unspecified atom stereocenters. The van der Waals surface area contributed by atoms with Crippen LogP contribution in [0.4, 0.5) is 0 Å². The highest BCUT2D eigenvalue weighted by atomic mass is 16.7. The zero-order chi connectivity index (χ0) is 31.7. The second-order valence-corrected chi connectivity index (χ2v) is 13.3. The van der Waals surface area contributed by atoms with E-state index in [2.05, 4.69) is 0 Å². The van der Waals surface area contributed by atoms with Crippen molar-refractivity contribution in [2.45, 2.75) is 165 Å². The van der Waals surface area contributed by atoms with E-state index < -0.39 is 11.2 Å². The predicted octanol–water partition coefficient (Wildman–Crippen LogP) is 5.18. The molecule has 0 aromatic heterocycles. The SMILES string of the molecule is CC1(CO)O[C@@H](CCCCCCOC2CCCCO2)CC1=O.CC1(CO)O[C@H](CCCCCCOC2CCCCO2)CC1=O. The number of ketones is 2. The van der Waals surface area contributed by atoms with Gasteiger partial charge in [-0.2, -0.15) is 0 Å². The Hall–Kier alpha value is -0.980. The summed E-state index contributed by atoms with van der Waals surface area (Å²) in [6.45, 7) is 6.12. The molecule has 44 heavy (non-hydrogen) atoms. The highest BCUT2D eigenvalue weighted by Crippen LogP contribution is 2.30. The van der Waals surface area contributed by atoms with Crippen LogP contribution in [0.2, 0.25) is 0 Å². The van der Waals surface area contributed by atoms with Gasteiger partial charge in [0.25, 0.3) is 0 Å². The third-order valence-electron chi connectivity index (χ3n) is 9.19. The number of hydrogen-bond acceptors (Lipinski definition) is 10. The van der Waals surface area contributed by atoms with Gasteiger partial charge in [0.1, 0.15) is 11.2 Å². The van der Waals surface area contributed by atoms with Crippen LogP contribution in [-0.2, 0) is 38.0 Å². The minimum atomic E-state index is -0.960. The fourth-order valence-corrected chi connectivity index (χ4v) is 6.14. The van der Waals surface area contributed by atoms with Gasteiger partial charge in [0.2, 0.25) is 0 Å². The van der Waals surface area contributed by atoms with Gasteiger partial charge in [-0.1, -0.05) is 38.5 Å². The molecule has 0 bridgehead atoms. The summed E-state index contributed by atoms with van der Waals surface area (Å²) in [5.41, 5.74) is -1.92. The lowest BCUT2D eigenvalue weighted by atomic mass is 10.0. The smallest absolute Gasteiger partial charge is 0.169 e. The lowest BCUT2D eigenvalue weighted by Gasteiger charge is -2.22. The molecule has 0 amide bonds. The summed E-state index contributed by atoms with van der Waals surface area (Å²) in [5, 5.41) is 18.4. The molecule has 0 radical (unpaired) electrons. The maximum Gasteiger partial charge on any atom is 0.169 e. The van der Waals surface area contributed by atoms with Crippen LogP contribution in [0.15, 0.2) is 0 Å². The number of aliphatic hydroxyl groups excluding tert-OH is 2. The molecule has 10 heteroatoms. The lowest BCUT2D eigenvalue weighted by Crippen LogP contribution is -2.36. The first-order chi connectivity index (χ1) is 21.3. The van der Waals surface area contributed by atoms with Crippen molar-refractivity contribution >= 4 is 11.6 Å². The third-order valence-corrected chi connectivity index (χ3v) is 9.19. The summed E-state index contributed by atoms with van der Waals surface area (Å²) >= 11 is 0. The van der Waals surface area contributed by atoms with Crippen LogP contribution in [-0.4, -0.2) is 97.4 Å². The molecule has 0 aromatic rings. The first-order valence-electron chi connectivity index (χ1n) is 17.4. The Morgan fingerprint density at radius 2 is 1.05 bits per heavy atom. The van der Waals surface area contributed by atoms with Gasteiger partial charge >= 0.3 is 0 Å². The van der Waals surface area contributed by atoms with E-state index >= 15 is 0 Å². The van der Waals surface area contributed by atoms with Crippen molar-refractivity contribution in [3.63, 3.8) is 0 Å². The van der Waals surface area contributed by atoms with Crippen molar-refractivity contribution in [3.05, 3.63) is 0 Å². The zero-order valence-electron chi connectivity index (χ0n) is 27.4. The van der Waals surface area contributed by atoms with Gasteiger partial charge < -0.3 is 38.6 Å². The molecule has 4 saturated heterocycles. The molecule has 0 spiro atoms. The highest BCUT2D eigenvalue weighted by molar-refractivity contribution is 5.89. The molecule has 4 fully saturated rings. The van der Waals surface area contributed by atoms with Crippen LogP contribution < -0.4 is 0 Å². The fourth-order valence-electron chi connectivity index (χ4n) is 6.14. The third kappa shape index (κ3) is 13.0. The number of aliphatic hydroxyl groups is 2. The maximum absolute atomic E-state index is 11.7. The molecule has 4 aliphatic heterocycles. The van der Waals surface area contributed by atoms with E-state index in [4.69, 9.17) is 28.4 Å². The second kappa shape index (κ2) is 20.3. The molecule has 6 atom stereocenters. The van der Waals surface area contributed by atoms with E-state index in [1.54, 1.807) is 13.8 Å². The van der Waals surface area contributed by atoms with E-state index in [-0.39, 0.29) is 49.6 Å². The van der Waals surface area contributed by atoms with E-state index in [0.29, 0.717) is 12.8 Å². The Morgan fingerprint density at radius 1 is 0.636 bits per heavy atom. The van der Waals surface area contributed by atoms with Gasteiger partial charge in [-0.15, -0.1) is 0 Å². The monoisotopic (exact) mass is 628 g/mol. The lowest BCUT2D eigenvalue weighted by molar-refractivity contribution is -0.163. The molecule has 256 valence electrons. The van der Waals surface area contributed by atoms with E-state index in [0.717, 1.165) is 116 Å². The summed E-state index contributed by atoms with van der Waals surface area (Å²) < 4.78 is 33.8. The van der Waals surface area contributed by atoms with E-state index in [1.807, 2.05) is 0 Å². The van der Waals surface area contributed by atoms with Crippen LogP contribution in [0.5, 0.6) is 0 Å². The van der Waals surface area contributed by atoms with Crippen LogP contribution in [0, 0.1) is 0 Å². The minimum absolute atomic E-state index is 0.0165. The first kappa shape index (κ1) is 37.5. The normalized spacial score (nSPS) is 32.5. The van der Waals surface area contributed by atoms with Crippen molar-refractivity contribution in [1.82, 2.24) is 0 Å². The summed E-state index contributed by atoms with van der Waals surface area (Å²) in [4.78, 5) is 23.5. The van der Waals surface area contributed by atoms with Gasteiger partial charge in [-0.3, -0.25) is 9.59 Å². The Morgan fingerprint density at radius 3 is 1.39 bits per heavy atom. The van der Waals surface area contributed by atoms with Crippen molar-refractivity contribution in [2.24, 2.45) is 0 Å². The number of ether oxygens (including phenoxy) is 6. The van der Waals surface area contributed by atoms with Gasteiger partial charge in [0.15, 0.2) is 24.1 Å². The summed E-state index contributed by atoms with van der Waals surface area (Å²) in [6, 6.07) is 0. The fraction of sp³-hybridized carbons (Fsp3) is 0.941. The zero-order valence-corrected chi connectivity index (χ0v) is 27.4. The summed E-state index contributed by atoms with van der Waals surface area (Å²) in [7, 11) is 0. The van der Waals surface area contributed by atoms with Crippen molar-refractivity contribution in [3.8, 4) is 0 Å². The average Bonchev–Trinajstić information content (AvgIpc) is 3.50. The molecule has 10 nitrogen and oxygen atoms in total. The summed E-state index contributed by atoms with van der Waals surface area (Å²) in [5.74, 6) is 0.0572. The highest BCUT2D eigenvalue weighted by Gasteiger charge is 2.44. The van der Waals surface area contributed by atoms with Crippen LogP contribution in [0.3, 0.4) is 0 Å². The van der Waals surface area contributed by atoms with Gasteiger partial charge in [-0.25, -0.2) is 0 Å². The van der Waals surface area contributed by atoms with Gasteiger partial charge in [-0.05, 0) is 78.1 Å². The van der Waals surface area contributed by atoms with Gasteiger partial charge in [0, 0.05) is 39.3 Å². The molecule has 2 N–H and O–H groups in total. The van der Waals surface area contributed by atoms with Gasteiger partial charge in [0.05, 0.1) is 25.4 Å². The van der Waals surface area contributed by atoms with Crippen molar-refractivity contribution < 1.29 is 48.2 Å². The summed E-state index contributed by atoms with van der Waals surface area (Å²) in [6.07, 6.45) is 18.2. The average molecular weight is 629 g/mol. The van der Waals surface area contributed by atoms with E-state index in [1.165, 1.54) is 12.8 Å². The Labute approximate surface area is 264 Å². The number of carbonyl (C=O) groups excluding carboxylic acids is 2. The number of Topliss-reactive ketones (excluding diaryl/α,β-unsaturated/α-hetero) is 2.